The van der Waals surface area contributed by atoms with Crippen molar-refractivity contribution in [2.24, 2.45) is 0 Å². The van der Waals surface area contributed by atoms with Gasteiger partial charge >= 0.3 is 0 Å². The maximum Gasteiger partial charge on any atom is 0.236 e. The maximum atomic E-state index is 12.3. The summed E-state index contributed by atoms with van der Waals surface area (Å²) in [5.74, 6) is 0.590. The van der Waals surface area contributed by atoms with Crippen molar-refractivity contribution >= 4 is 5.91 Å². The standard InChI is InChI=1S/C17H25N3O2/c21-16-5-3-15(4-6-16)13-19-9-11-20(12-10-19)17(22)14-18-7-1-2-8-18/h3-6,21H,1-2,7-14H2. The fourth-order valence-electron chi connectivity index (χ4n) is 3.25. The number of amides is 1. The molecule has 0 aromatic heterocycles. The van der Waals surface area contributed by atoms with Crippen LogP contribution in [0.15, 0.2) is 24.3 Å². The van der Waals surface area contributed by atoms with Gasteiger partial charge in [-0.2, -0.15) is 0 Å². The highest BCUT2D eigenvalue weighted by Gasteiger charge is 2.23. The number of piperazine rings is 1. The molecule has 2 aliphatic heterocycles. The molecule has 0 unspecified atom stereocenters. The minimum Gasteiger partial charge on any atom is -0.508 e. The van der Waals surface area contributed by atoms with Gasteiger partial charge in [-0.25, -0.2) is 0 Å². The van der Waals surface area contributed by atoms with Gasteiger partial charge in [0.05, 0.1) is 6.54 Å². The number of carbonyl (C=O) groups excluding carboxylic acids is 1. The molecule has 0 radical (unpaired) electrons. The van der Waals surface area contributed by atoms with E-state index in [0.29, 0.717) is 12.3 Å². The zero-order valence-electron chi connectivity index (χ0n) is 13.1. The van der Waals surface area contributed by atoms with Crippen molar-refractivity contribution in [3.05, 3.63) is 29.8 Å². The van der Waals surface area contributed by atoms with Gasteiger partial charge < -0.3 is 10.0 Å². The summed E-state index contributed by atoms with van der Waals surface area (Å²) in [7, 11) is 0. The van der Waals surface area contributed by atoms with Crippen molar-refractivity contribution in [2.45, 2.75) is 19.4 Å². The van der Waals surface area contributed by atoms with Gasteiger partial charge in [0.15, 0.2) is 0 Å². The van der Waals surface area contributed by atoms with Crippen LogP contribution in [-0.2, 0) is 11.3 Å². The largest absolute Gasteiger partial charge is 0.508 e. The summed E-state index contributed by atoms with van der Waals surface area (Å²) in [4.78, 5) is 18.9. The van der Waals surface area contributed by atoms with E-state index in [1.165, 1.54) is 18.4 Å². The van der Waals surface area contributed by atoms with Gasteiger partial charge in [0.25, 0.3) is 0 Å². The molecule has 5 heteroatoms. The van der Waals surface area contributed by atoms with Crippen LogP contribution in [0.5, 0.6) is 5.75 Å². The van der Waals surface area contributed by atoms with Gasteiger partial charge in [0, 0.05) is 32.7 Å². The highest BCUT2D eigenvalue weighted by molar-refractivity contribution is 5.78. The lowest BCUT2D eigenvalue weighted by molar-refractivity contribution is -0.134. The van der Waals surface area contributed by atoms with Crippen LogP contribution in [0, 0.1) is 0 Å². The van der Waals surface area contributed by atoms with E-state index in [2.05, 4.69) is 9.80 Å². The smallest absolute Gasteiger partial charge is 0.236 e. The first-order valence-electron chi connectivity index (χ1n) is 8.21. The fraction of sp³-hybridized carbons (Fsp3) is 0.588. The Labute approximate surface area is 132 Å². The van der Waals surface area contributed by atoms with Crippen LogP contribution in [0.4, 0.5) is 0 Å². The van der Waals surface area contributed by atoms with Crippen molar-refractivity contribution in [3.63, 3.8) is 0 Å². The predicted molar refractivity (Wildman–Crippen MR) is 85.6 cm³/mol. The topological polar surface area (TPSA) is 47.0 Å². The van der Waals surface area contributed by atoms with E-state index in [1.807, 2.05) is 17.0 Å². The average molecular weight is 303 g/mol. The van der Waals surface area contributed by atoms with Crippen LogP contribution in [0.25, 0.3) is 0 Å². The molecule has 3 rings (SSSR count). The molecule has 0 bridgehead atoms. The summed E-state index contributed by atoms with van der Waals surface area (Å²) in [6.07, 6.45) is 2.46. The number of nitrogens with zero attached hydrogens (tertiary/aromatic N) is 3. The molecular weight excluding hydrogens is 278 g/mol. The lowest BCUT2D eigenvalue weighted by Gasteiger charge is -2.35. The second-order valence-corrected chi connectivity index (χ2v) is 6.31. The Morgan fingerprint density at radius 1 is 0.909 bits per heavy atom. The summed E-state index contributed by atoms with van der Waals surface area (Å²) in [6, 6.07) is 7.37. The van der Waals surface area contributed by atoms with E-state index in [9.17, 15) is 9.90 Å². The average Bonchev–Trinajstić information content (AvgIpc) is 3.03. The summed E-state index contributed by atoms with van der Waals surface area (Å²) in [5.41, 5.74) is 1.20. The zero-order valence-corrected chi connectivity index (χ0v) is 13.1. The van der Waals surface area contributed by atoms with Gasteiger partial charge in [-0.15, -0.1) is 0 Å². The van der Waals surface area contributed by atoms with Gasteiger partial charge in [-0.05, 0) is 43.6 Å². The summed E-state index contributed by atoms with van der Waals surface area (Å²) >= 11 is 0. The number of phenols is 1. The first-order chi connectivity index (χ1) is 10.7. The molecule has 0 saturated carbocycles. The third-order valence-electron chi connectivity index (χ3n) is 4.63. The van der Waals surface area contributed by atoms with Crippen LogP contribution in [0.3, 0.4) is 0 Å². The number of aromatic hydroxyl groups is 1. The van der Waals surface area contributed by atoms with Crippen LogP contribution in [0.2, 0.25) is 0 Å². The Balaban J connectivity index is 1.43. The molecule has 2 saturated heterocycles. The lowest BCUT2D eigenvalue weighted by atomic mass is 10.2. The molecular formula is C17H25N3O2. The monoisotopic (exact) mass is 303 g/mol. The molecule has 0 spiro atoms. The number of hydrogen-bond acceptors (Lipinski definition) is 4. The number of likely N-dealkylation sites (tertiary alicyclic amines) is 1. The highest BCUT2D eigenvalue weighted by Crippen LogP contribution is 2.14. The Hall–Kier alpha value is -1.59. The summed E-state index contributed by atoms with van der Waals surface area (Å²) in [5, 5.41) is 9.31. The maximum absolute atomic E-state index is 12.3. The van der Waals surface area contributed by atoms with Crippen LogP contribution in [-0.4, -0.2) is 71.5 Å². The SMILES string of the molecule is O=C(CN1CCCC1)N1CCN(Cc2ccc(O)cc2)CC1. The van der Waals surface area contributed by atoms with Crippen LogP contribution in [0.1, 0.15) is 18.4 Å². The molecule has 1 amide bonds. The number of hydrogen-bond donors (Lipinski definition) is 1. The quantitative estimate of drug-likeness (QED) is 0.906. The van der Waals surface area contributed by atoms with Crippen molar-refractivity contribution in [1.29, 1.82) is 0 Å². The van der Waals surface area contributed by atoms with E-state index in [1.54, 1.807) is 12.1 Å². The minimum atomic E-state index is 0.284. The van der Waals surface area contributed by atoms with Crippen molar-refractivity contribution in [2.75, 3.05) is 45.8 Å². The molecule has 2 heterocycles. The molecule has 2 aliphatic rings. The molecule has 1 aromatic rings. The first-order valence-corrected chi connectivity index (χ1v) is 8.21. The van der Waals surface area contributed by atoms with Crippen LogP contribution >= 0.6 is 0 Å². The summed E-state index contributed by atoms with van der Waals surface area (Å²) < 4.78 is 0. The van der Waals surface area contributed by atoms with Gasteiger partial charge in [-0.1, -0.05) is 12.1 Å². The molecule has 1 aromatic carbocycles. The van der Waals surface area contributed by atoms with Gasteiger partial charge in [0.2, 0.25) is 5.91 Å². The van der Waals surface area contributed by atoms with E-state index in [0.717, 1.165) is 45.8 Å². The fourth-order valence-corrected chi connectivity index (χ4v) is 3.25. The molecule has 1 N–H and O–H groups in total. The second kappa shape index (κ2) is 7.11. The molecule has 22 heavy (non-hydrogen) atoms. The number of rotatable bonds is 4. The Morgan fingerprint density at radius 3 is 2.18 bits per heavy atom. The van der Waals surface area contributed by atoms with Crippen LogP contribution < -0.4 is 0 Å². The highest BCUT2D eigenvalue weighted by atomic mass is 16.3. The number of carbonyl (C=O) groups is 1. The number of phenolic OH excluding ortho intramolecular Hbond substituents is 1. The van der Waals surface area contributed by atoms with E-state index < -0.39 is 0 Å². The van der Waals surface area contributed by atoms with E-state index in [4.69, 9.17) is 0 Å². The summed E-state index contributed by atoms with van der Waals surface area (Å²) in [6.45, 7) is 7.13. The third-order valence-corrected chi connectivity index (χ3v) is 4.63. The van der Waals surface area contributed by atoms with E-state index in [-0.39, 0.29) is 5.91 Å². The molecule has 0 aliphatic carbocycles. The molecule has 2 fully saturated rings. The van der Waals surface area contributed by atoms with E-state index >= 15 is 0 Å². The molecule has 5 nitrogen and oxygen atoms in total. The Kier molecular flexibility index (Phi) is 4.95. The van der Waals surface area contributed by atoms with Crippen molar-refractivity contribution in [1.82, 2.24) is 14.7 Å². The minimum absolute atomic E-state index is 0.284. The Morgan fingerprint density at radius 2 is 1.55 bits per heavy atom. The third kappa shape index (κ3) is 3.99. The Bertz CT molecular complexity index is 489. The van der Waals surface area contributed by atoms with Gasteiger partial charge in [0.1, 0.15) is 5.75 Å². The molecule has 120 valence electrons. The molecule has 0 atom stereocenters. The van der Waals surface area contributed by atoms with Gasteiger partial charge in [-0.3, -0.25) is 14.6 Å². The van der Waals surface area contributed by atoms with Crippen molar-refractivity contribution in [3.8, 4) is 5.75 Å². The lowest BCUT2D eigenvalue weighted by Crippen LogP contribution is -2.50. The first kappa shape index (κ1) is 15.3. The normalized spacial score (nSPS) is 20.5. The second-order valence-electron chi connectivity index (χ2n) is 6.31. The number of benzene rings is 1. The predicted octanol–water partition coefficient (Wildman–Crippen LogP) is 1.13. The zero-order chi connectivity index (χ0) is 15.4. The van der Waals surface area contributed by atoms with Crippen molar-refractivity contribution < 1.29 is 9.90 Å².